The molecule has 0 N–H and O–H groups in total. The lowest BCUT2D eigenvalue weighted by atomic mass is 10.1. The number of hydrogen-bond donors (Lipinski definition) is 0. The molecule has 0 radical (unpaired) electrons. The van der Waals surface area contributed by atoms with Crippen LogP contribution in [0.25, 0.3) is 0 Å². The van der Waals surface area contributed by atoms with E-state index in [9.17, 15) is 9.59 Å². The molecule has 0 unspecified atom stereocenters. The van der Waals surface area contributed by atoms with E-state index >= 15 is 0 Å². The first kappa shape index (κ1) is 15.5. The summed E-state index contributed by atoms with van der Waals surface area (Å²) in [5.41, 5.74) is 0. The van der Waals surface area contributed by atoms with Gasteiger partial charge in [0.25, 0.3) is 0 Å². The topological polar surface area (TPSA) is 43.9 Å². The highest BCUT2D eigenvalue weighted by atomic mass is 32.1. The van der Waals surface area contributed by atoms with Crippen LogP contribution in [0.3, 0.4) is 0 Å². The third kappa shape index (κ3) is 3.03. The van der Waals surface area contributed by atoms with Crippen LogP contribution < -0.4 is 0 Å². The van der Waals surface area contributed by atoms with Crippen molar-refractivity contribution in [2.75, 3.05) is 33.7 Å². The maximum Gasteiger partial charge on any atom is 0.228 e. The molecule has 0 aliphatic carbocycles. The van der Waals surface area contributed by atoms with E-state index < -0.39 is 0 Å². The molecule has 2 amide bonds. The maximum atomic E-state index is 12.5. The average molecular weight is 321 g/mol. The highest BCUT2D eigenvalue weighted by molar-refractivity contribution is 7.10. The van der Waals surface area contributed by atoms with Crippen LogP contribution in [0.2, 0.25) is 0 Å². The molecule has 120 valence electrons. The zero-order valence-electron chi connectivity index (χ0n) is 13.2. The van der Waals surface area contributed by atoms with Gasteiger partial charge in [-0.3, -0.25) is 9.59 Å². The van der Waals surface area contributed by atoms with E-state index in [2.05, 4.69) is 4.90 Å². The van der Waals surface area contributed by atoms with Crippen LogP contribution in [0.4, 0.5) is 0 Å². The van der Waals surface area contributed by atoms with Crippen LogP contribution in [-0.4, -0.2) is 72.3 Å². The van der Waals surface area contributed by atoms with Gasteiger partial charge in [0.15, 0.2) is 0 Å². The molecule has 1 aromatic heterocycles. The molecule has 2 atom stereocenters. The zero-order chi connectivity index (χ0) is 15.7. The van der Waals surface area contributed by atoms with Crippen molar-refractivity contribution in [3.8, 4) is 0 Å². The molecular weight excluding hydrogens is 298 g/mol. The van der Waals surface area contributed by atoms with Crippen LogP contribution in [-0.2, 0) is 16.0 Å². The fraction of sp³-hybridized carbons (Fsp3) is 0.625. The third-order valence-corrected chi connectivity index (χ3v) is 5.51. The van der Waals surface area contributed by atoms with Crippen molar-refractivity contribution in [3.05, 3.63) is 22.4 Å². The molecule has 0 saturated carbocycles. The number of nitrogens with zero attached hydrogens (tertiary/aromatic N) is 3. The van der Waals surface area contributed by atoms with Crippen molar-refractivity contribution in [2.45, 2.75) is 31.3 Å². The number of rotatable bonds is 5. The minimum Gasteiger partial charge on any atom is -0.337 e. The van der Waals surface area contributed by atoms with E-state index in [1.54, 1.807) is 11.3 Å². The van der Waals surface area contributed by atoms with Crippen molar-refractivity contribution in [2.24, 2.45) is 0 Å². The number of carbonyl (C=O) groups excluding carboxylic acids is 2. The second kappa shape index (κ2) is 6.38. The number of thiophene rings is 1. The van der Waals surface area contributed by atoms with Gasteiger partial charge in [-0.15, -0.1) is 11.3 Å². The number of hydrogen-bond acceptors (Lipinski definition) is 4. The summed E-state index contributed by atoms with van der Waals surface area (Å²) >= 11 is 1.62. The second-order valence-electron chi connectivity index (χ2n) is 6.36. The predicted molar refractivity (Wildman–Crippen MR) is 86.8 cm³/mol. The molecule has 3 rings (SSSR count). The number of likely N-dealkylation sites (N-methyl/N-ethyl adjacent to an activating group) is 1. The summed E-state index contributed by atoms with van der Waals surface area (Å²) in [5.74, 6) is 0.364. The Morgan fingerprint density at radius 3 is 2.91 bits per heavy atom. The van der Waals surface area contributed by atoms with Crippen LogP contribution in [0.1, 0.15) is 17.7 Å². The van der Waals surface area contributed by atoms with Crippen LogP contribution in [0, 0.1) is 0 Å². The lowest BCUT2D eigenvalue weighted by Gasteiger charge is -2.26. The van der Waals surface area contributed by atoms with Gasteiger partial charge >= 0.3 is 0 Å². The molecule has 6 heteroatoms. The molecule has 2 aliphatic rings. The molecule has 3 heterocycles. The molecule has 0 aromatic carbocycles. The fourth-order valence-corrected chi connectivity index (χ4v) is 4.20. The van der Waals surface area contributed by atoms with E-state index in [0.29, 0.717) is 12.8 Å². The zero-order valence-corrected chi connectivity index (χ0v) is 14.0. The Morgan fingerprint density at radius 2 is 2.23 bits per heavy atom. The summed E-state index contributed by atoms with van der Waals surface area (Å²) < 4.78 is 0. The van der Waals surface area contributed by atoms with Crippen LogP contribution >= 0.6 is 11.3 Å². The molecule has 2 aliphatic heterocycles. The fourth-order valence-electron chi connectivity index (χ4n) is 3.50. The number of amides is 2. The first-order valence-electron chi connectivity index (χ1n) is 7.82. The largest absolute Gasteiger partial charge is 0.337 e. The van der Waals surface area contributed by atoms with Gasteiger partial charge in [0.1, 0.15) is 0 Å². The molecule has 2 saturated heterocycles. The summed E-state index contributed by atoms with van der Waals surface area (Å²) in [4.78, 5) is 31.9. The molecule has 2 fully saturated rings. The lowest BCUT2D eigenvalue weighted by molar-refractivity contribution is -0.131. The van der Waals surface area contributed by atoms with Gasteiger partial charge in [-0.25, -0.2) is 0 Å². The summed E-state index contributed by atoms with van der Waals surface area (Å²) in [7, 11) is 4.03. The summed E-state index contributed by atoms with van der Waals surface area (Å²) in [6, 6.07) is 4.28. The minimum atomic E-state index is 0.0853. The van der Waals surface area contributed by atoms with Gasteiger partial charge in [-0.05, 0) is 32.0 Å². The van der Waals surface area contributed by atoms with Gasteiger partial charge in [0, 0.05) is 30.9 Å². The normalized spacial score (nSPS) is 24.4. The Hall–Kier alpha value is -1.40. The van der Waals surface area contributed by atoms with Gasteiger partial charge in [0.05, 0.1) is 18.5 Å². The first-order valence-corrected chi connectivity index (χ1v) is 8.70. The molecule has 1 aromatic rings. The molecule has 0 bridgehead atoms. The van der Waals surface area contributed by atoms with E-state index in [4.69, 9.17) is 0 Å². The minimum absolute atomic E-state index is 0.0853. The van der Waals surface area contributed by atoms with E-state index in [1.807, 2.05) is 41.4 Å². The quantitative estimate of drug-likeness (QED) is 0.814. The summed E-state index contributed by atoms with van der Waals surface area (Å²) in [6.45, 7) is 2.42. The monoisotopic (exact) mass is 321 g/mol. The Balaban J connectivity index is 1.63. The summed E-state index contributed by atoms with van der Waals surface area (Å²) in [5, 5.41) is 2.00. The van der Waals surface area contributed by atoms with Gasteiger partial charge < -0.3 is 14.7 Å². The highest BCUT2D eigenvalue weighted by Gasteiger charge is 2.47. The SMILES string of the molecule is CN(C)CCN1C(=O)C[C@H]2[C@H]1CCN2C(=O)Cc1cccs1. The van der Waals surface area contributed by atoms with Gasteiger partial charge in [-0.1, -0.05) is 6.07 Å². The van der Waals surface area contributed by atoms with Crippen molar-refractivity contribution in [1.29, 1.82) is 0 Å². The second-order valence-corrected chi connectivity index (χ2v) is 7.39. The van der Waals surface area contributed by atoms with Gasteiger partial charge in [0.2, 0.25) is 11.8 Å². The Bertz CT molecular complexity index is 544. The molecule has 0 spiro atoms. The third-order valence-electron chi connectivity index (χ3n) is 4.63. The van der Waals surface area contributed by atoms with Crippen molar-refractivity contribution < 1.29 is 9.59 Å². The smallest absolute Gasteiger partial charge is 0.228 e. The number of carbonyl (C=O) groups is 2. The van der Waals surface area contributed by atoms with E-state index in [-0.39, 0.29) is 23.9 Å². The molecular formula is C16H23N3O2S. The van der Waals surface area contributed by atoms with Crippen LogP contribution in [0.5, 0.6) is 0 Å². The van der Waals surface area contributed by atoms with E-state index in [1.165, 1.54) is 0 Å². The number of likely N-dealkylation sites (tertiary alicyclic amines) is 2. The number of fused-ring (bicyclic) bond motifs is 1. The highest BCUT2D eigenvalue weighted by Crippen LogP contribution is 2.32. The lowest BCUT2D eigenvalue weighted by Crippen LogP contribution is -2.42. The molecule has 5 nitrogen and oxygen atoms in total. The van der Waals surface area contributed by atoms with Gasteiger partial charge in [-0.2, -0.15) is 0 Å². The Kier molecular flexibility index (Phi) is 4.49. The Morgan fingerprint density at radius 1 is 1.41 bits per heavy atom. The first-order chi connectivity index (χ1) is 10.6. The summed E-state index contributed by atoms with van der Waals surface area (Å²) in [6.07, 6.45) is 1.88. The average Bonchev–Trinajstić information content (AvgIpc) is 3.13. The standard InChI is InChI=1S/C16H23N3O2S/c1-17(2)7-8-19-13-5-6-18(14(13)11-16(19)21)15(20)10-12-4-3-9-22-12/h3-4,9,13-14H,5-8,10-11H2,1-2H3/t13-,14+/m1/s1. The maximum absolute atomic E-state index is 12.5. The van der Waals surface area contributed by atoms with E-state index in [0.717, 1.165) is 30.9 Å². The predicted octanol–water partition coefficient (Wildman–Crippen LogP) is 1.05. The molecule has 22 heavy (non-hydrogen) atoms. The van der Waals surface area contributed by atoms with Crippen molar-refractivity contribution >= 4 is 23.2 Å². The van der Waals surface area contributed by atoms with Crippen LogP contribution in [0.15, 0.2) is 17.5 Å². The van der Waals surface area contributed by atoms with Crippen molar-refractivity contribution in [1.82, 2.24) is 14.7 Å². The Labute approximate surface area is 135 Å². The van der Waals surface area contributed by atoms with Crippen molar-refractivity contribution in [3.63, 3.8) is 0 Å².